The molecular formula is C8H7NSe2. The molecular weight excluding hydrogens is 268 g/mol. The third kappa shape index (κ3) is 2.11. The minimum Gasteiger partial charge on any atom is -0.361 e. The van der Waals surface area contributed by atoms with Crippen LogP contribution in [0.1, 0.15) is 0 Å². The van der Waals surface area contributed by atoms with Crippen molar-refractivity contribution in [3.63, 3.8) is 0 Å². The van der Waals surface area contributed by atoms with Crippen molar-refractivity contribution in [3.05, 3.63) is 36.5 Å². The second-order valence-corrected chi connectivity index (χ2v) is 2.06. The van der Waals surface area contributed by atoms with Crippen LogP contribution in [-0.4, -0.2) is 32.3 Å². The van der Waals surface area contributed by atoms with Crippen molar-refractivity contribution in [1.29, 1.82) is 0 Å². The van der Waals surface area contributed by atoms with Crippen molar-refractivity contribution in [2.75, 3.05) is 0 Å². The summed E-state index contributed by atoms with van der Waals surface area (Å²) in [5.41, 5.74) is 1.21. The molecule has 0 aliphatic heterocycles. The second-order valence-electron chi connectivity index (χ2n) is 2.06. The first-order valence-corrected chi connectivity index (χ1v) is 7.49. The Morgan fingerprint density at radius 3 is 2.45 bits per heavy atom. The molecule has 0 unspecified atom stereocenters. The van der Waals surface area contributed by atoms with Gasteiger partial charge in [-0.25, -0.2) is 0 Å². The molecule has 3 heteroatoms. The zero-order valence-corrected chi connectivity index (χ0v) is 9.21. The van der Waals surface area contributed by atoms with Crippen LogP contribution in [0.3, 0.4) is 0 Å². The Balaban J connectivity index is 0.000000281. The number of aromatic amines is 1. The van der Waals surface area contributed by atoms with E-state index in [2.05, 4.69) is 50.5 Å². The minimum absolute atomic E-state index is 1.21. The smallest absolute Gasteiger partial charge is 0.0453 e. The molecule has 1 nitrogen and oxygen atoms in total. The van der Waals surface area contributed by atoms with Crippen LogP contribution in [-0.2, 0) is 0 Å². The van der Waals surface area contributed by atoms with Gasteiger partial charge in [0.15, 0.2) is 0 Å². The standard InChI is InChI=1S/C8H7N.Se2/c1-2-4-8-7(3-1)5-6-9-8;1-2/h1-6,9H;. The first-order chi connectivity index (χ1) is 5.47. The van der Waals surface area contributed by atoms with Gasteiger partial charge in [0.05, 0.1) is 0 Å². The molecule has 1 heterocycles. The molecule has 11 heavy (non-hydrogen) atoms. The SMILES string of the molecule is [Se]=[Se].c1ccc2[nH]ccc2c1. The van der Waals surface area contributed by atoms with Gasteiger partial charge in [-0.3, -0.25) is 0 Å². The van der Waals surface area contributed by atoms with Gasteiger partial charge in [0, 0.05) is 11.7 Å². The predicted octanol–water partition coefficient (Wildman–Crippen LogP) is 1.41. The van der Waals surface area contributed by atoms with Gasteiger partial charge in [0.1, 0.15) is 0 Å². The number of hydrogen-bond donors (Lipinski definition) is 1. The number of H-pyrrole nitrogens is 1. The Morgan fingerprint density at radius 1 is 1.00 bits per heavy atom. The fourth-order valence-corrected chi connectivity index (χ4v) is 0.995. The summed E-state index contributed by atoms with van der Waals surface area (Å²) < 4.78 is 0. The molecule has 0 saturated carbocycles. The van der Waals surface area contributed by atoms with E-state index >= 15 is 0 Å². The molecule has 0 bridgehead atoms. The van der Waals surface area contributed by atoms with Gasteiger partial charge in [-0.2, -0.15) is 0 Å². The third-order valence-corrected chi connectivity index (χ3v) is 1.46. The van der Waals surface area contributed by atoms with Crippen LogP contribution in [0.2, 0.25) is 0 Å². The molecule has 0 atom stereocenters. The van der Waals surface area contributed by atoms with Crippen molar-refractivity contribution < 1.29 is 0 Å². The van der Waals surface area contributed by atoms with Crippen LogP contribution in [0.5, 0.6) is 0 Å². The van der Waals surface area contributed by atoms with Gasteiger partial charge in [-0.15, -0.1) is 0 Å². The molecule has 0 aliphatic rings. The predicted molar refractivity (Wildman–Crippen MR) is 49.8 cm³/mol. The van der Waals surface area contributed by atoms with Gasteiger partial charge in [0.2, 0.25) is 0 Å². The van der Waals surface area contributed by atoms with Gasteiger partial charge in [0.25, 0.3) is 0 Å². The fraction of sp³-hybridized carbons (Fsp3) is 0. The van der Waals surface area contributed by atoms with Crippen LogP contribution in [0.4, 0.5) is 0 Å². The number of aromatic nitrogens is 1. The Bertz CT molecular complexity index is 299. The number of benzene rings is 1. The fourth-order valence-electron chi connectivity index (χ4n) is 0.995. The molecule has 1 aromatic heterocycles. The van der Waals surface area contributed by atoms with E-state index in [9.17, 15) is 0 Å². The molecule has 1 aromatic carbocycles. The summed E-state index contributed by atoms with van der Waals surface area (Å²) in [5, 5.41) is 1.28. The molecule has 56 valence electrons. The zero-order chi connectivity index (χ0) is 8.10. The first-order valence-electron chi connectivity index (χ1n) is 3.15. The first kappa shape index (κ1) is 8.89. The second kappa shape index (κ2) is 4.63. The minimum atomic E-state index is 1.21. The maximum Gasteiger partial charge on any atom is 0.0453 e. The average molecular weight is 275 g/mol. The van der Waals surface area contributed by atoms with Gasteiger partial charge >= 0.3 is 27.3 Å². The van der Waals surface area contributed by atoms with E-state index in [1.165, 1.54) is 10.9 Å². The van der Waals surface area contributed by atoms with Crippen LogP contribution >= 0.6 is 0 Å². The third-order valence-electron chi connectivity index (χ3n) is 1.46. The molecule has 0 fully saturated rings. The quantitative estimate of drug-likeness (QED) is 0.700. The normalized spacial score (nSPS) is 8.73. The van der Waals surface area contributed by atoms with Crippen molar-refractivity contribution in [3.8, 4) is 0 Å². The number of rotatable bonds is 0. The molecule has 1 N–H and O–H groups in total. The van der Waals surface area contributed by atoms with E-state index in [0.717, 1.165) is 0 Å². The Labute approximate surface area is 79.7 Å². The summed E-state index contributed by atoms with van der Waals surface area (Å²) in [6, 6.07) is 10.3. The van der Waals surface area contributed by atoms with Gasteiger partial charge < -0.3 is 4.98 Å². The van der Waals surface area contributed by atoms with E-state index in [0.29, 0.717) is 0 Å². The Hall–Kier alpha value is -0.201. The van der Waals surface area contributed by atoms with E-state index in [1.807, 2.05) is 18.3 Å². The number of hydrogen-bond acceptors (Lipinski definition) is 0. The summed E-state index contributed by atoms with van der Waals surface area (Å²) in [5.74, 6) is 0. The van der Waals surface area contributed by atoms with Crippen LogP contribution in [0, 0.1) is 0 Å². The summed E-state index contributed by atoms with van der Waals surface area (Å²) >= 11 is 5.00. The molecule has 2 aromatic rings. The van der Waals surface area contributed by atoms with E-state index in [-0.39, 0.29) is 0 Å². The molecule has 0 radical (unpaired) electrons. The molecule has 0 aliphatic carbocycles. The summed E-state index contributed by atoms with van der Waals surface area (Å²) in [4.78, 5) is 3.12. The maximum absolute atomic E-state index is 3.12. The molecule has 0 amide bonds. The van der Waals surface area contributed by atoms with Crippen molar-refractivity contribution in [2.24, 2.45) is 0 Å². The zero-order valence-electron chi connectivity index (χ0n) is 5.78. The number of para-hydroxylation sites is 1. The van der Waals surface area contributed by atoms with Crippen molar-refractivity contribution >= 4 is 38.2 Å². The van der Waals surface area contributed by atoms with Crippen LogP contribution in [0.25, 0.3) is 10.9 Å². The monoisotopic (exact) mass is 277 g/mol. The largest absolute Gasteiger partial charge is 0.361 e. The maximum atomic E-state index is 3.12. The topological polar surface area (TPSA) is 15.8 Å². The molecule has 0 saturated heterocycles. The Kier molecular flexibility index (Phi) is 3.74. The van der Waals surface area contributed by atoms with E-state index in [4.69, 9.17) is 0 Å². The number of fused-ring (bicyclic) bond motifs is 1. The average Bonchev–Trinajstić information content (AvgIpc) is 2.55. The Morgan fingerprint density at radius 2 is 1.73 bits per heavy atom. The molecule has 2 rings (SSSR count). The van der Waals surface area contributed by atoms with E-state index in [1.54, 1.807) is 0 Å². The summed E-state index contributed by atoms with van der Waals surface area (Å²) in [6.07, 6.45) is 1.95. The van der Waals surface area contributed by atoms with Gasteiger partial charge in [-0.05, 0) is 17.5 Å². The van der Waals surface area contributed by atoms with Crippen molar-refractivity contribution in [2.45, 2.75) is 0 Å². The van der Waals surface area contributed by atoms with Gasteiger partial charge in [-0.1, -0.05) is 18.2 Å². The summed E-state index contributed by atoms with van der Waals surface area (Å²) in [6.45, 7) is 0. The van der Waals surface area contributed by atoms with E-state index < -0.39 is 0 Å². The number of nitrogens with one attached hydrogen (secondary N) is 1. The van der Waals surface area contributed by atoms with Crippen molar-refractivity contribution in [1.82, 2.24) is 4.98 Å². The molecule has 0 spiro atoms. The summed E-state index contributed by atoms with van der Waals surface area (Å²) in [7, 11) is 0. The van der Waals surface area contributed by atoms with Crippen LogP contribution in [0.15, 0.2) is 36.5 Å². The van der Waals surface area contributed by atoms with Crippen LogP contribution < -0.4 is 0 Å².